The van der Waals surface area contributed by atoms with Crippen molar-refractivity contribution in [1.82, 2.24) is 15.0 Å². The van der Waals surface area contributed by atoms with Crippen molar-refractivity contribution in [1.29, 1.82) is 0 Å². The molecule has 0 N–H and O–H groups in total. The highest BCUT2D eigenvalue weighted by molar-refractivity contribution is 5.70. The first-order chi connectivity index (χ1) is 8.93. The number of hydrogen-bond acceptors (Lipinski definition) is 3. The molecule has 18 heavy (non-hydrogen) atoms. The minimum atomic E-state index is 1.06. The molecule has 3 heterocycles. The average Bonchev–Trinajstić information content (AvgIpc) is 2.49. The lowest BCUT2D eigenvalue weighted by molar-refractivity contribution is 1.28. The number of nitrogens with zero attached hydrogens (tertiary/aromatic N) is 3. The van der Waals surface area contributed by atoms with Crippen molar-refractivity contribution in [2.75, 3.05) is 0 Å². The third-order valence-corrected chi connectivity index (χ3v) is 2.73. The van der Waals surface area contributed by atoms with Gasteiger partial charge in [-0.1, -0.05) is 12.1 Å². The van der Waals surface area contributed by atoms with Crippen molar-refractivity contribution < 1.29 is 0 Å². The summed E-state index contributed by atoms with van der Waals surface area (Å²) in [6.07, 6.45) is 10.9. The van der Waals surface area contributed by atoms with E-state index in [0.717, 1.165) is 22.3 Å². The summed E-state index contributed by atoms with van der Waals surface area (Å²) in [5.74, 6) is 0. The van der Waals surface area contributed by atoms with Crippen molar-refractivity contribution in [3.8, 4) is 22.3 Å². The van der Waals surface area contributed by atoms with Crippen LogP contribution in [-0.4, -0.2) is 15.0 Å². The fourth-order valence-corrected chi connectivity index (χ4v) is 1.82. The van der Waals surface area contributed by atoms with Gasteiger partial charge in [0, 0.05) is 59.4 Å². The summed E-state index contributed by atoms with van der Waals surface area (Å²) >= 11 is 0. The summed E-state index contributed by atoms with van der Waals surface area (Å²) in [5.41, 5.74) is 4.25. The highest BCUT2D eigenvalue weighted by Gasteiger charge is 2.02. The fourth-order valence-electron chi connectivity index (χ4n) is 1.82. The molecule has 0 spiro atoms. The van der Waals surface area contributed by atoms with E-state index in [9.17, 15) is 0 Å². The maximum Gasteiger partial charge on any atom is 0.0347 e. The molecule has 0 aromatic carbocycles. The van der Waals surface area contributed by atoms with Gasteiger partial charge >= 0.3 is 0 Å². The molecule has 0 saturated carbocycles. The zero-order chi connectivity index (χ0) is 12.2. The smallest absolute Gasteiger partial charge is 0.0347 e. The normalized spacial score (nSPS) is 10.2. The van der Waals surface area contributed by atoms with Gasteiger partial charge in [0.05, 0.1) is 0 Å². The second-order valence-corrected chi connectivity index (χ2v) is 3.95. The molecule has 3 nitrogen and oxygen atoms in total. The van der Waals surface area contributed by atoms with Crippen molar-refractivity contribution in [2.45, 2.75) is 0 Å². The molecule has 3 heteroatoms. The largest absolute Gasteiger partial charge is 0.264 e. The van der Waals surface area contributed by atoms with Gasteiger partial charge < -0.3 is 0 Å². The van der Waals surface area contributed by atoms with E-state index in [1.165, 1.54) is 0 Å². The first-order valence-corrected chi connectivity index (χ1v) is 5.69. The Labute approximate surface area is 105 Å². The van der Waals surface area contributed by atoms with E-state index < -0.39 is 0 Å². The SMILES string of the molecule is c1cncc(-c2cncc(-c3cccnc3)c2)c1. The minimum Gasteiger partial charge on any atom is -0.264 e. The molecule has 0 amide bonds. The van der Waals surface area contributed by atoms with E-state index in [2.05, 4.69) is 21.0 Å². The molecule has 0 radical (unpaired) electrons. The van der Waals surface area contributed by atoms with Crippen molar-refractivity contribution in [3.05, 3.63) is 67.5 Å². The molecule has 0 atom stereocenters. The van der Waals surface area contributed by atoms with Crippen LogP contribution < -0.4 is 0 Å². The van der Waals surface area contributed by atoms with Gasteiger partial charge in [0.2, 0.25) is 0 Å². The lowest BCUT2D eigenvalue weighted by Gasteiger charge is -2.04. The highest BCUT2D eigenvalue weighted by Crippen LogP contribution is 2.23. The predicted molar refractivity (Wildman–Crippen MR) is 70.7 cm³/mol. The Bertz CT molecular complexity index is 581. The Morgan fingerprint density at radius 1 is 0.556 bits per heavy atom. The predicted octanol–water partition coefficient (Wildman–Crippen LogP) is 3.21. The van der Waals surface area contributed by atoms with E-state index in [-0.39, 0.29) is 0 Å². The summed E-state index contributed by atoms with van der Waals surface area (Å²) in [6.45, 7) is 0. The van der Waals surface area contributed by atoms with Crippen LogP contribution in [0.5, 0.6) is 0 Å². The summed E-state index contributed by atoms with van der Waals surface area (Å²) in [6, 6.07) is 9.99. The third kappa shape index (κ3) is 2.11. The summed E-state index contributed by atoms with van der Waals surface area (Å²) in [4.78, 5) is 12.5. The topological polar surface area (TPSA) is 38.7 Å². The van der Waals surface area contributed by atoms with Crippen LogP contribution in [0.15, 0.2) is 67.5 Å². The Morgan fingerprint density at radius 3 is 1.50 bits per heavy atom. The van der Waals surface area contributed by atoms with Crippen LogP contribution >= 0.6 is 0 Å². The van der Waals surface area contributed by atoms with Gasteiger partial charge in [-0.25, -0.2) is 0 Å². The minimum absolute atomic E-state index is 1.06. The van der Waals surface area contributed by atoms with Gasteiger partial charge in [-0.2, -0.15) is 0 Å². The molecule has 0 aliphatic rings. The van der Waals surface area contributed by atoms with Gasteiger partial charge in [0.25, 0.3) is 0 Å². The second-order valence-electron chi connectivity index (χ2n) is 3.95. The second kappa shape index (κ2) is 4.75. The zero-order valence-electron chi connectivity index (χ0n) is 9.69. The van der Waals surface area contributed by atoms with E-state index >= 15 is 0 Å². The number of rotatable bonds is 2. The van der Waals surface area contributed by atoms with Crippen LogP contribution in [0.1, 0.15) is 0 Å². The Kier molecular flexibility index (Phi) is 2.80. The number of pyridine rings is 3. The first-order valence-electron chi connectivity index (χ1n) is 5.69. The Morgan fingerprint density at radius 2 is 1.06 bits per heavy atom. The third-order valence-electron chi connectivity index (χ3n) is 2.73. The lowest BCUT2D eigenvalue weighted by Crippen LogP contribution is -1.85. The molecule has 0 aliphatic carbocycles. The van der Waals surface area contributed by atoms with E-state index in [0.29, 0.717) is 0 Å². The van der Waals surface area contributed by atoms with Gasteiger partial charge in [0.15, 0.2) is 0 Å². The molecule has 0 bridgehead atoms. The van der Waals surface area contributed by atoms with Crippen LogP contribution in [0.25, 0.3) is 22.3 Å². The van der Waals surface area contributed by atoms with E-state index in [1.54, 1.807) is 12.4 Å². The van der Waals surface area contributed by atoms with Crippen LogP contribution in [0.3, 0.4) is 0 Å². The molecule has 3 aromatic rings. The molecular formula is C15H11N3. The average molecular weight is 233 g/mol. The summed E-state index contributed by atoms with van der Waals surface area (Å²) < 4.78 is 0. The maximum absolute atomic E-state index is 4.28. The van der Waals surface area contributed by atoms with Gasteiger partial charge in [0.1, 0.15) is 0 Å². The van der Waals surface area contributed by atoms with Crippen molar-refractivity contribution >= 4 is 0 Å². The van der Waals surface area contributed by atoms with Crippen LogP contribution in [0.2, 0.25) is 0 Å². The molecular weight excluding hydrogens is 222 g/mol. The molecule has 3 aromatic heterocycles. The zero-order valence-corrected chi connectivity index (χ0v) is 9.69. The quantitative estimate of drug-likeness (QED) is 0.682. The molecule has 0 unspecified atom stereocenters. The number of hydrogen-bond donors (Lipinski definition) is 0. The van der Waals surface area contributed by atoms with Gasteiger partial charge in [-0.15, -0.1) is 0 Å². The highest BCUT2D eigenvalue weighted by atomic mass is 14.6. The van der Waals surface area contributed by atoms with Gasteiger partial charge in [-0.05, 0) is 18.2 Å². The first kappa shape index (κ1) is 10.6. The van der Waals surface area contributed by atoms with E-state index in [4.69, 9.17) is 0 Å². The Hall–Kier alpha value is -2.55. The summed E-state index contributed by atoms with van der Waals surface area (Å²) in [5, 5.41) is 0. The van der Waals surface area contributed by atoms with Crippen molar-refractivity contribution in [3.63, 3.8) is 0 Å². The van der Waals surface area contributed by atoms with Crippen LogP contribution in [0, 0.1) is 0 Å². The lowest BCUT2D eigenvalue weighted by atomic mass is 10.0. The van der Waals surface area contributed by atoms with Crippen molar-refractivity contribution in [2.24, 2.45) is 0 Å². The molecule has 86 valence electrons. The van der Waals surface area contributed by atoms with Crippen LogP contribution in [0.4, 0.5) is 0 Å². The van der Waals surface area contributed by atoms with E-state index in [1.807, 2.05) is 49.1 Å². The number of aromatic nitrogens is 3. The molecule has 0 fully saturated rings. The molecule has 0 aliphatic heterocycles. The molecule has 0 saturated heterocycles. The monoisotopic (exact) mass is 233 g/mol. The van der Waals surface area contributed by atoms with Crippen LogP contribution in [-0.2, 0) is 0 Å². The maximum atomic E-state index is 4.28. The Balaban J connectivity index is 2.05. The molecule has 3 rings (SSSR count). The van der Waals surface area contributed by atoms with Gasteiger partial charge in [-0.3, -0.25) is 15.0 Å². The summed E-state index contributed by atoms with van der Waals surface area (Å²) in [7, 11) is 0. The standard InChI is InChI=1S/C15H11N3/c1-3-12(8-16-5-1)14-7-15(11-18-10-14)13-4-2-6-17-9-13/h1-11H. The fraction of sp³-hybridized carbons (Fsp3) is 0.